The molecule has 108 valence electrons. The first-order valence-corrected chi connectivity index (χ1v) is 9.07. The van der Waals surface area contributed by atoms with Crippen LogP contribution < -0.4 is 10.6 Å². The fourth-order valence-electron chi connectivity index (χ4n) is 2.98. The molecule has 5 heteroatoms. The molecule has 2 heterocycles. The number of hydrogen-bond acceptors (Lipinski definition) is 4. The van der Waals surface area contributed by atoms with Gasteiger partial charge in [0.1, 0.15) is 0 Å². The number of rotatable bonds is 4. The van der Waals surface area contributed by atoms with Gasteiger partial charge in [-0.1, -0.05) is 0 Å². The van der Waals surface area contributed by atoms with Crippen LogP contribution in [-0.4, -0.2) is 33.2 Å². The van der Waals surface area contributed by atoms with Crippen LogP contribution in [0.1, 0.15) is 39.0 Å². The van der Waals surface area contributed by atoms with Crippen LogP contribution in [0.2, 0.25) is 0 Å². The van der Waals surface area contributed by atoms with Crippen LogP contribution >= 0.6 is 0 Å². The van der Waals surface area contributed by atoms with E-state index in [4.69, 9.17) is 0 Å². The maximum atomic E-state index is 4.53. The Morgan fingerprint density at radius 3 is 3.25 bits per heavy atom. The van der Waals surface area contributed by atoms with Crippen LogP contribution in [-0.2, 0) is 0 Å². The molecule has 1 saturated heterocycles. The molecule has 1 aromatic rings. The number of nitrogens with one attached hydrogen (secondary N) is 2. The second kappa shape index (κ2) is 6.70. The van der Waals surface area contributed by atoms with Gasteiger partial charge in [0.05, 0.1) is 0 Å². The van der Waals surface area contributed by atoms with Crippen LogP contribution in [0, 0.1) is 0 Å². The van der Waals surface area contributed by atoms with Crippen LogP contribution in [0.5, 0.6) is 0 Å². The van der Waals surface area contributed by atoms with Gasteiger partial charge in [0.25, 0.3) is 0 Å². The van der Waals surface area contributed by atoms with Crippen molar-refractivity contribution in [2.75, 3.05) is 11.9 Å². The number of benzene rings is 1. The zero-order valence-electron chi connectivity index (χ0n) is 11.9. The van der Waals surface area contributed by atoms with Crippen molar-refractivity contribution in [2.24, 2.45) is 7.92 Å². The zero-order chi connectivity index (χ0) is 13.8. The first kappa shape index (κ1) is 14.1. The average molecular weight is 337 g/mol. The van der Waals surface area contributed by atoms with Gasteiger partial charge in [-0.15, -0.1) is 0 Å². The fraction of sp³-hybridized carbons (Fsp3) is 0.600. The van der Waals surface area contributed by atoms with Gasteiger partial charge in [-0.2, -0.15) is 0 Å². The standard InChI is InChI=1S/C15H22N4Se/c1-11(10-12-6-3-2-4-9-16-12)17-13-7-5-8-14-15(13)19-20-18-14/h5,7-8,11-12,16-17H,2-4,6,9-10H2,1H3. The first-order valence-electron chi connectivity index (χ1n) is 7.54. The average Bonchev–Trinajstić information content (AvgIpc) is 2.78. The molecular weight excluding hydrogens is 315 g/mol. The van der Waals surface area contributed by atoms with E-state index in [0.29, 0.717) is 12.1 Å². The van der Waals surface area contributed by atoms with Crippen LogP contribution in [0.4, 0.5) is 17.1 Å². The molecule has 0 radical (unpaired) electrons. The molecule has 20 heavy (non-hydrogen) atoms. The molecule has 2 unspecified atom stereocenters. The molecule has 0 bridgehead atoms. The van der Waals surface area contributed by atoms with Gasteiger partial charge in [0.15, 0.2) is 0 Å². The quantitative estimate of drug-likeness (QED) is 0.835. The normalized spacial score (nSPS) is 22.8. The molecule has 0 aromatic heterocycles. The van der Waals surface area contributed by atoms with Gasteiger partial charge >= 0.3 is 126 Å². The molecule has 0 saturated carbocycles. The van der Waals surface area contributed by atoms with Gasteiger partial charge in [0.2, 0.25) is 0 Å². The van der Waals surface area contributed by atoms with Crippen molar-refractivity contribution in [1.29, 1.82) is 0 Å². The summed E-state index contributed by atoms with van der Waals surface area (Å²) in [5.74, 6) is 0. The van der Waals surface area contributed by atoms with E-state index in [1.165, 1.54) is 38.6 Å². The Bertz CT molecular complexity index is 529. The Labute approximate surface area is 126 Å². The number of nitrogens with zero attached hydrogens (tertiary/aromatic N) is 2. The third-order valence-corrected chi connectivity index (χ3v) is 5.13. The van der Waals surface area contributed by atoms with Gasteiger partial charge in [-0.25, -0.2) is 0 Å². The van der Waals surface area contributed by atoms with E-state index >= 15 is 0 Å². The molecule has 2 aliphatic heterocycles. The van der Waals surface area contributed by atoms with Gasteiger partial charge in [-0.3, -0.25) is 0 Å². The predicted octanol–water partition coefficient (Wildman–Crippen LogP) is 3.76. The van der Waals surface area contributed by atoms with Gasteiger partial charge in [0, 0.05) is 0 Å². The second-order valence-corrected chi connectivity index (χ2v) is 6.83. The van der Waals surface area contributed by atoms with E-state index in [2.05, 4.69) is 43.7 Å². The number of anilines is 1. The molecule has 2 aliphatic rings. The first-order chi connectivity index (χ1) is 9.83. The van der Waals surface area contributed by atoms with Gasteiger partial charge in [-0.05, 0) is 0 Å². The molecule has 1 fully saturated rings. The molecule has 1 aromatic carbocycles. The van der Waals surface area contributed by atoms with Crippen molar-refractivity contribution in [1.82, 2.24) is 5.32 Å². The van der Waals surface area contributed by atoms with Crippen molar-refractivity contribution in [3.63, 3.8) is 0 Å². The Morgan fingerprint density at radius 2 is 2.30 bits per heavy atom. The van der Waals surface area contributed by atoms with Crippen LogP contribution in [0.3, 0.4) is 0 Å². The predicted molar refractivity (Wildman–Crippen MR) is 84.3 cm³/mol. The number of fused-ring (bicyclic) bond motifs is 1. The Balaban J connectivity index is 1.60. The number of hydrogen-bond donors (Lipinski definition) is 2. The Morgan fingerprint density at radius 1 is 1.35 bits per heavy atom. The van der Waals surface area contributed by atoms with Crippen molar-refractivity contribution >= 4 is 31.6 Å². The van der Waals surface area contributed by atoms with Crippen molar-refractivity contribution in [3.8, 4) is 0 Å². The summed E-state index contributed by atoms with van der Waals surface area (Å²) in [6.07, 6.45) is 6.54. The molecule has 3 rings (SSSR count). The van der Waals surface area contributed by atoms with E-state index in [9.17, 15) is 0 Å². The summed E-state index contributed by atoms with van der Waals surface area (Å²) in [7, 11) is 0. The minimum atomic E-state index is 0.0478. The molecule has 0 aliphatic carbocycles. The summed E-state index contributed by atoms with van der Waals surface area (Å²) >= 11 is 0.0478. The maximum absolute atomic E-state index is 4.53. The summed E-state index contributed by atoms with van der Waals surface area (Å²) in [4.78, 5) is 0. The third kappa shape index (κ3) is 3.40. The topological polar surface area (TPSA) is 48.8 Å². The minimum absolute atomic E-state index is 0.0478. The molecular formula is C15H22N4Se. The molecule has 2 atom stereocenters. The summed E-state index contributed by atoms with van der Waals surface area (Å²) in [5.41, 5.74) is 3.26. The SMILES string of the molecule is CC(CC1CCCCCN1)Nc1cccc2c1N=[Se]=N2. The molecule has 0 spiro atoms. The summed E-state index contributed by atoms with van der Waals surface area (Å²) < 4.78 is 8.97. The summed E-state index contributed by atoms with van der Waals surface area (Å²) in [5, 5.41) is 7.30. The third-order valence-electron chi connectivity index (χ3n) is 3.99. The van der Waals surface area contributed by atoms with E-state index in [-0.39, 0.29) is 14.6 Å². The van der Waals surface area contributed by atoms with Crippen molar-refractivity contribution in [3.05, 3.63) is 18.2 Å². The molecule has 4 nitrogen and oxygen atoms in total. The molecule has 0 amide bonds. The van der Waals surface area contributed by atoms with Crippen molar-refractivity contribution in [2.45, 2.75) is 51.1 Å². The monoisotopic (exact) mass is 338 g/mol. The van der Waals surface area contributed by atoms with E-state index in [1.807, 2.05) is 0 Å². The van der Waals surface area contributed by atoms with Gasteiger partial charge < -0.3 is 0 Å². The second-order valence-electron chi connectivity index (χ2n) is 5.72. The summed E-state index contributed by atoms with van der Waals surface area (Å²) in [6, 6.07) is 7.35. The Hall–Kier alpha value is -0.901. The molecule has 2 N–H and O–H groups in total. The van der Waals surface area contributed by atoms with E-state index in [1.54, 1.807) is 0 Å². The fourth-order valence-corrected chi connectivity index (χ4v) is 4.13. The van der Waals surface area contributed by atoms with E-state index < -0.39 is 0 Å². The van der Waals surface area contributed by atoms with Crippen LogP contribution in [0.25, 0.3) is 0 Å². The van der Waals surface area contributed by atoms with Crippen molar-refractivity contribution < 1.29 is 0 Å². The van der Waals surface area contributed by atoms with Crippen LogP contribution in [0.15, 0.2) is 26.1 Å². The summed E-state index contributed by atoms with van der Waals surface area (Å²) in [6.45, 7) is 3.44. The zero-order valence-corrected chi connectivity index (χ0v) is 13.6. The Kier molecular flexibility index (Phi) is 4.71. The van der Waals surface area contributed by atoms with E-state index in [0.717, 1.165) is 17.1 Å².